The van der Waals surface area contributed by atoms with E-state index in [1.54, 1.807) is 0 Å². The van der Waals surface area contributed by atoms with Crippen molar-refractivity contribution in [2.45, 2.75) is 11.8 Å². The fourth-order valence-electron chi connectivity index (χ4n) is 1.70. The Kier molecular flexibility index (Phi) is 4.23. The molecule has 4 nitrogen and oxygen atoms in total. The second-order valence-electron chi connectivity index (χ2n) is 4.41. The van der Waals surface area contributed by atoms with Gasteiger partial charge in [0.15, 0.2) is 23.2 Å². The number of hydrogen-bond acceptors (Lipinski definition) is 3. The van der Waals surface area contributed by atoms with Gasteiger partial charge >= 0.3 is 0 Å². The summed E-state index contributed by atoms with van der Waals surface area (Å²) in [7, 11) is -4.43. The van der Waals surface area contributed by atoms with Crippen LogP contribution >= 0.6 is 0 Å². The third kappa shape index (κ3) is 3.11. The zero-order valence-corrected chi connectivity index (χ0v) is 12.0. The largest absolute Gasteiger partial charge is 0.295 e. The van der Waals surface area contributed by atoms with E-state index in [0.717, 1.165) is 0 Å². The molecule has 0 bridgehead atoms. The van der Waals surface area contributed by atoms with Crippen LogP contribution in [0.15, 0.2) is 41.3 Å². The second kappa shape index (κ2) is 5.80. The van der Waals surface area contributed by atoms with Gasteiger partial charge in [-0.05, 0) is 43.3 Å². The van der Waals surface area contributed by atoms with Crippen molar-refractivity contribution in [2.75, 3.05) is 4.72 Å². The van der Waals surface area contributed by atoms with Crippen molar-refractivity contribution < 1.29 is 26.4 Å². The number of halogens is 3. The lowest BCUT2D eigenvalue weighted by atomic mass is 10.1. The molecule has 0 heterocycles. The number of carbonyl (C=O) groups is 1. The summed E-state index contributed by atoms with van der Waals surface area (Å²) in [5.41, 5.74) is 0.413. The molecule has 0 aliphatic carbocycles. The first-order valence-corrected chi connectivity index (χ1v) is 7.48. The highest BCUT2D eigenvalue weighted by atomic mass is 32.2. The van der Waals surface area contributed by atoms with Gasteiger partial charge in [0.1, 0.15) is 4.90 Å². The van der Waals surface area contributed by atoms with Crippen LogP contribution in [-0.4, -0.2) is 14.2 Å². The van der Waals surface area contributed by atoms with Gasteiger partial charge in [-0.1, -0.05) is 0 Å². The van der Waals surface area contributed by atoms with Crippen molar-refractivity contribution in [3.63, 3.8) is 0 Å². The smallest absolute Gasteiger partial charge is 0.264 e. The van der Waals surface area contributed by atoms with Crippen molar-refractivity contribution in [2.24, 2.45) is 0 Å². The maximum absolute atomic E-state index is 13.6. The minimum Gasteiger partial charge on any atom is -0.295 e. The molecule has 0 aliphatic heterocycles. The molecule has 0 spiro atoms. The van der Waals surface area contributed by atoms with Crippen LogP contribution in [-0.2, 0) is 10.0 Å². The number of benzene rings is 2. The lowest BCUT2D eigenvalue weighted by molar-refractivity contribution is 0.101. The predicted molar refractivity (Wildman–Crippen MR) is 73.6 cm³/mol. The van der Waals surface area contributed by atoms with Crippen LogP contribution in [0.4, 0.5) is 18.9 Å². The summed E-state index contributed by atoms with van der Waals surface area (Å²) >= 11 is 0. The van der Waals surface area contributed by atoms with Gasteiger partial charge < -0.3 is 0 Å². The van der Waals surface area contributed by atoms with E-state index in [0.29, 0.717) is 17.7 Å². The first-order valence-electron chi connectivity index (χ1n) is 5.99. The molecule has 2 aromatic rings. The van der Waals surface area contributed by atoms with Crippen LogP contribution in [0, 0.1) is 17.5 Å². The van der Waals surface area contributed by atoms with Crippen molar-refractivity contribution in [1.29, 1.82) is 0 Å². The van der Waals surface area contributed by atoms with Crippen molar-refractivity contribution >= 4 is 21.5 Å². The monoisotopic (exact) mass is 329 g/mol. The van der Waals surface area contributed by atoms with Crippen LogP contribution in [0.25, 0.3) is 0 Å². The molecule has 0 saturated heterocycles. The van der Waals surface area contributed by atoms with Gasteiger partial charge in [-0.2, -0.15) is 0 Å². The van der Waals surface area contributed by atoms with Gasteiger partial charge in [0.05, 0.1) is 0 Å². The minimum atomic E-state index is -4.43. The molecule has 116 valence electrons. The average Bonchev–Trinajstić information content (AvgIpc) is 2.44. The van der Waals surface area contributed by atoms with Gasteiger partial charge in [0.2, 0.25) is 0 Å². The lowest BCUT2D eigenvalue weighted by Crippen LogP contribution is -2.16. The first-order chi connectivity index (χ1) is 10.2. The summed E-state index contributed by atoms with van der Waals surface area (Å²) in [6.07, 6.45) is 0. The van der Waals surface area contributed by atoms with Crippen molar-refractivity contribution in [1.82, 2.24) is 0 Å². The molecule has 0 amide bonds. The molecule has 0 radical (unpaired) electrons. The summed E-state index contributed by atoms with van der Waals surface area (Å²) in [4.78, 5) is 10.1. The molecule has 0 aromatic heterocycles. The number of nitrogens with one attached hydrogen (secondary N) is 1. The van der Waals surface area contributed by atoms with Crippen LogP contribution < -0.4 is 4.72 Å². The van der Waals surface area contributed by atoms with Gasteiger partial charge in [0.25, 0.3) is 10.0 Å². The Morgan fingerprint density at radius 2 is 1.55 bits per heavy atom. The first kappa shape index (κ1) is 16.0. The maximum atomic E-state index is 13.6. The highest BCUT2D eigenvalue weighted by molar-refractivity contribution is 7.92. The summed E-state index contributed by atoms with van der Waals surface area (Å²) in [6, 6.07) is 6.49. The number of carbonyl (C=O) groups excluding carboxylic acids is 1. The van der Waals surface area contributed by atoms with Crippen LogP contribution in [0.3, 0.4) is 0 Å². The summed E-state index contributed by atoms with van der Waals surface area (Å²) in [6.45, 7) is 1.34. The van der Waals surface area contributed by atoms with E-state index in [9.17, 15) is 26.4 Å². The number of Topliss-reactive ketones (excluding diaryl/α,β-unsaturated/α-hetero) is 1. The molecular formula is C14H10F3NO3S. The van der Waals surface area contributed by atoms with E-state index in [4.69, 9.17) is 0 Å². The zero-order chi connectivity index (χ0) is 16.5. The molecule has 2 rings (SSSR count). The Hall–Kier alpha value is -2.35. The Morgan fingerprint density at radius 1 is 0.955 bits per heavy atom. The molecule has 0 saturated carbocycles. The molecule has 2 aromatic carbocycles. The quantitative estimate of drug-likeness (QED) is 0.692. The number of ketones is 1. The molecular weight excluding hydrogens is 319 g/mol. The highest BCUT2D eigenvalue weighted by Gasteiger charge is 2.24. The number of sulfonamides is 1. The molecule has 1 N–H and O–H groups in total. The Bertz CT molecular complexity index is 833. The summed E-state index contributed by atoms with van der Waals surface area (Å²) in [5, 5.41) is 0. The van der Waals surface area contributed by atoms with Crippen molar-refractivity contribution in [3.05, 3.63) is 59.4 Å². The molecule has 22 heavy (non-hydrogen) atoms. The maximum Gasteiger partial charge on any atom is 0.264 e. The Labute approximate surface area is 124 Å². The second-order valence-corrected chi connectivity index (χ2v) is 6.06. The standard InChI is InChI=1S/C14H10F3NO3S/c1-8(19)9-2-4-10(5-3-9)18-22(20,21)12-7-6-11(15)13(16)14(12)17/h2-7,18H,1H3. The van der Waals surface area contributed by atoms with Crippen molar-refractivity contribution in [3.8, 4) is 0 Å². The van der Waals surface area contributed by atoms with Crippen LogP contribution in [0.1, 0.15) is 17.3 Å². The third-order valence-electron chi connectivity index (χ3n) is 2.83. The number of hydrogen-bond donors (Lipinski definition) is 1. The van der Waals surface area contributed by atoms with Gasteiger partial charge in [-0.3, -0.25) is 9.52 Å². The average molecular weight is 329 g/mol. The zero-order valence-electron chi connectivity index (χ0n) is 11.2. The molecule has 0 unspecified atom stereocenters. The van der Waals surface area contributed by atoms with Gasteiger partial charge in [-0.15, -0.1) is 0 Å². The van der Waals surface area contributed by atoms with E-state index in [1.165, 1.54) is 31.2 Å². The molecule has 8 heteroatoms. The summed E-state index contributed by atoms with van der Waals surface area (Å²) in [5.74, 6) is -5.36. The van der Waals surface area contributed by atoms with Crippen LogP contribution in [0.5, 0.6) is 0 Å². The normalized spacial score (nSPS) is 11.3. The summed E-state index contributed by atoms with van der Waals surface area (Å²) < 4.78 is 65.5. The fraction of sp³-hybridized carbons (Fsp3) is 0.0714. The van der Waals surface area contributed by atoms with E-state index >= 15 is 0 Å². The minimum absolute atomic E-state index is 0.0501. The SMILES string of the molecule is CC(=O)c1ccc(NS(=O)(=O)c2ccc(F)c(F)c2F)cc1. The molecule has 0 atom stereocenters. The predicted octanol–water partition coefficient (Wildman–Crippen LogP) is 3.11. The number of rotatable bonds is 4. The van der Waals surface area contributed by atoms with Gasteiger partial charge in [0, 0.05) is 11.3 Å². The highest BCUT2D eigenvalue weighted by Crippen LogP contribution is 2.22. The lowest BCUT2D eigenvalue weighted by Gasteiger charge is -2.09. The van der Waals surface area contributed by atoms with E-state index < -0.39 is 32.4 Å². The Morgan fingerprint density at radius 3 is 2.09 bits per heavy atom. The fourth-order valence-corrected chi connectivity index (χ4v) is 2.83. The van der Waals surface area contributed by atoms with E-state index in [-0.39, 0.29) is 11.5 Å². The topological polar surface area (TPSA) is 63.2 Å². The molecule has 0 fully saturated rings. The Balaban J connectivity index is 2.36. The van der Waals surface area contributed by atoms with Gasteiger partial charge in [-0.25, -0.2) is 21.6 Å². The van der Waals surface area contributed by atoms with E-state index in [1.807, 2.05) is 4.72 Å². The number of anilines is 1. The van der Waals surface area contributed by atoms with E-state index in [2.05, 4.69) is 0 Å². The van der Waals surface area contributed by atoms with Crippen LogP contribution in [0.2, 0.25) is 0 Å². The third-order valence-corrected chi connectivity index (χ3v) is 4.23. The molecule has 0 aliphatic rings.